The molecule has 2 heterocycles. The third kappa shape index (κ3) is 4.28. The molecule has 0 atom stereocenters. The molecule has 5 nitrogen and oxygen atoms in total. The standard InChI is InChI=1S/C20H31N5/c1-15(2)20-21-19(14-24-10-6-9-23(5)11-12-24)25(22-20)18-8-7-16(3)13-17(18)4/h7-8,13,15H,6,9-12,14H2,1-5H3. The van der Waals surface area contributed by atoms with E-state index in [4.69, 9.17) is 10.1 Å². The average molecular weight is 342 g/mol. The summed E-state index contributed by atoms with van der Waals surface area (Å²) in [6.07, 6.45) is 1.21. The van der Waals surface area contributed by atoms with Crippen LogP contribution in [0, 0.1) is 13.8 Å². The third-order valence-electron chi connectivity index (χ3n) is 4.96. The molecule has 1 aliphatic rings. The van der Waals surface area contributed by atoms with E-state index in [0.29, 0.717) is 5.92 Å². The molecule has 0 N–H and O–H groups in total. The smallest absolute Gasteiger partial charge is 0.153 e. The van der Waals surface area contributed by atoms with E-state index in [1.165, 1.54) is 24.1 Å². The summed E-state index contributed by atoms with van der Waals surface area (Å²) in [5.74, 6) is 2.32. The van der Waals surface area contributed by atoms with Crippen molar-refractivity contribution in [1.29, 1.82) is 0 Å². The second-order valence-electron chi connectivity index (χ2n) is 7.68. The SMILES string of the molecule is Cc1ccc(-n2nc(C(C)C)nc2CN2CCCN(C)CC2)c(C)c1. The van der Waals surface area contributed by atoms with Crippen LogP contribution in [0.15, 0.2) is 18.2 Å². The molecule has 3 rings (SSSR count). The average Bonchev–Trinajstić information content (AvgIpc) is 2.85. The Labute approximate surface area is 151 Å². The number of likely N-dealkylation sites (N-methyl/N-ethyl adjacent to an activating group) is 1. The summed E-state index contributed by atoms with van der Waals surface area (Å²) in [5, 5.41) is 4.84. The molecular weight excluding hydrogens is 310 g/mol. The lowest BCUT2D eigenvalue weighted by Gasteiger charge is -2.20. The monoisotopic (exact) mass is 341 g/mol. The molecule has 0 saturated carbocycles. The molecule has 0 amide bonds. The van der Waals surface area contributed by atoms with E-state index in [2.05, 4.69) is 67.4 Å². The Morgan fingerprint density at radius 3 is 2.60 bits per heavy atom. The zero-order valence-corrected chi connectivity index (χ0v) is 16.3. The van der Waals surface area contributed by atoms with Gasteiger partial charge in [0.15, 0.2) is 5.82 Å². The van der Waals surface area contributed by atoms with Crippen molar-refractivity contribution in [1.82, 2.24) is 24.6 Å². The molecule has 1 aliphatic heterocycles. The van der Waals surface area contributed by atoms with E-state index in [1.807, 2.05) is 0 Å². The van der Waals surface area contributed by atoms with Crippen LogP contribution in [0.1, 0.15) is 49.0 Å². The molecule has 1 aromatic heterocycles. The van der Waals surface area contributed by atoms with Crippen molar-refractivity contribution in [3.8, 4) is 5.69 Å². The molecule has 0 radical (unpaired) electrons. The van der Waals surface area contributed by atoms with Crippen LogP contribution < -0.4 is 0 Å². The van der Waals surface area contributed by atoms with Crippen molar-refractivity contribution < 1.29 is 0 Å². The minimum absolute atomic E-state index is 0.334. The van der Waals surface area contributed by atoms with Gasteiger partial charge in [0.25, 0.3) is 0 Å². The van der Waals surface area contributed by atoms with E-state index >= 15 is 0 Å². The molecule has 0 bridgehead atoms. The van der Waals surface area contributed by atoms with Gasteiger partial charge in [-0.05, 0) is 52.0 Å². The highest BCUT2D eigenvalue weighted by molar-refractivity contribution is 5.42. The fourth-order valence-electron chi connectivity index (χ4n) is 3.40. The Morgan fingerprint density at radius 1 is 1.08 bits per heavy atom. The Bertz CT molecular complexity index is 719. The van der Waals surface area contributed by atoms with Crippen LogP contribution in [0.5, 0.6) is 0 Å². The molecule has 1 aromatic carbocycles. The van der Waals surface area contributed by atoms with Crippen molar-refractivity contribution >= 4 is 0 Å². The first-order chi connectivity index (χ1) is 11.9. The first-order valence-electron chi connectivity index (χ1n) is 9.38. The van der Waals surface area contributed by atoms with E-state index in [-0.39, 0.29) is 0 Å². The maximum atomic E-state index is 4.89. The largest absolute Gasteiger partial charge is 0.305 e. The fraction of sp³-hybridized carbons (Fsp3) is 0.600. The van der Waals surface area contributed by atoms with E-state index in [9.17, 15) is 0 Å². The first kappa shape index (κ1) is 18.1. The summed E-state index contributed by atoms with van der Waals surface area (Å²) in [6.45, 7) is 14.0. The lowest BCUT2D eigenvalue weighted by atomic mass is 10.1. The maximum absolute atomic E-state index is 4.89. The molecule has 0 spiro atoms. The highest BCUT2D eigenvalue weighted by Gasteiger charge is 2.19. The maximum Gasteiger partial charge on any atom is 0.153 e. The molecule has 5 heteroatoms. The van der Waals surface area contributed by atoms with Crippen LogP contribution in [0.3, 0.4) is 0 Å². The molecule has 0 unspecified atom stereocenters. The lowest BCUT2D eigenvalue weighted by Crippen LogP contribution is -2.29. The van der Waals surface area contributed by atoms with Crippen LogP contribution in [0.25, 0.3) is 5.69 Å². The minimum atomic E-state index is 0.334. The number of rotatable bonds is 4. The highest BCUT2D eigenvalue weighted by atomic mass is 15.4. The van der Waals surface area contributed by atoms with Crippen LogP contribution in [0.2, 0.25) is 0 Å². The lowest BCUT2D eigenvalue weighted by molar-refractivity contribution is 0.261. The summed E-state index contributed by atoms with van der Waals surface area (Å²) >= 11 is 0. The molecule has 1 saturated heterocycles. The van der Waals surface area contributed by atoms with E-state index in [1.54, 1.807) is 0 Å². The van der Waals surface area contributed by atoms with Gasteiger partial charge < -0.3 is 4.90 Å². The number of nitrogens with zero attached hydrogens (tertiary/aromatic N) is 5. The number of aryl methyl sites for hydroxylation is 2. The molecular formula is C20H31N5. The number of benzene rings is 1. The summed E-state index contributed by atoms with van der Waals surface area (Å²) < 4.78 is 2.07. The highest BCUT2D eigenvalue weighted by Crippen LogP contribution is 2.20. The molecule has 136 valence electrons. The summed E-state index contributed by atoms with van der Waals surface area (Å²) in [7, 11) is 2.21. The molecule has 1 fully saturated rings. The van der Waals surface area contributed by atoms with Crippen LogP contribution in [0.4, 0.5) is 0 Å². The second kappa shape index (κ2) is 7.67. The van der Waals surface area contributed by atoms with Crippen LogP contribution >= 0.6 is 0 Å². The zero-order valence-electron chi connectivity index (χ0n) is 16.3. The van der Waals surface area contributed by atoms with Crippen molar-refractivity contribution in [2.45, 2.75) is 46.6 Å². The molecule has 25 heavy (non-hydrogen) atoms. The van der Waals surface area contributed by atoms with Crippen LogP contribution in [-0.2, 0) is 6.54 Å². The van der Waals surface area contributed by atoms with Gasteiger partial charge in [0, 0.05) is 19.0 Å². The molecule has 2 aromatic rings. The number of aromatic nitrogens is 3. The number of hydrogen-bond acceptors (Lipinski definition) is 4. The van der Waals surface area contributed by atoms with Crippen LogP contribution in [-0.4, -0.2) is 57.8 Å². The summed E-state index contributed by atoms with van der Waals surface area (Å²) in [5.41, 5.74) is 3.67. The van der Waals surface area contributed by atoms with Crippen molar-refractivity contribution in [3.63, 3.8) is 0 Å². The quantitative estimate of drug-likeness (QED) is 0.856. The van der Waals surface area contributed by atoms with Crippen molar-refractivity contribution in [2.75, 3.05) is 33.2 Å². The predicted molar refractivity (Wildman–Crippen MR) is 102 cm³/mol. The van der Waals surface area contributed by atoms with E-state index < -0.39 is 0 Å². The molecule has 0 aliphatic carbocycles. The van der Waals surface area contributed by atoms with Gasteiger partial charge >= 0.3 is 0 Å². The van der Waals surface area contributed by atoms with Gasteiger partial charge in [0.2, 0.25) is 0 Å². The van der Waals surface area contributed by atoms with Gasteiger partial charge in [0.1, 0.15) is 5.82 Å². The zero-order chi connectivity index (χ0) is 18.0. The van der Waals surface area contributed by atoms with Crippen molar-refractivity contribution in [2.24, 2.45) is 0 Å². The number of hydrogen-bond donors (Lipinski definition) is 0. The predicted octanol–water partition coefficient (Wildman–Crippen LogP) is 3.15. The Balaban J connectivity index is 1.92. The van der Waals surface area contributed by atoms with Gasteiger partial charge in [-0.25, -0.2) is 9.67 Å². The van der Waals surface area contributed by atoms with Crippen molar-refractivity contribution in [3.05, 3.63) is 41.0 Å². The van der Waals surface area contributed by atoms with Gasteiger partial charge in [-0.2, -0.15) is 5.10 Å². The van der Waals surface area contributed by atoms with Gasteiger partial charge in [-0.15, -0.1) is 0 Å². The van der Waals surface area contributed by atoms with Gasteiger partial charge in [-0.3, -0.25) is 4.90 Å². The normalized spacial score (nSPS) is 17.2. The van der Waals surface area contributed by atoms with Gasteiger partial charge in [0.05, 0.1) is 12.2 Å². The minimum Gasteiger partial charge on any atom is -0.305 e. The Morgan fingerprint density at radius 2 is 1.88 bits per heavy atom. The summed E-state index contributed by atoms with van der Waals surface area (Å²) in [4.78, 5) is 9.81. The fourth-order valence-corrected chi connectivity index (χ4v) is 3.40. The first-order valence-corrected chi connectivity index (χ1v) is 9.38. The summed E-state index contributed by atoms with van der Waals surface area (Å²) in [6, 6.07) is 6.55. The Hall–Kier alpha value is -1.72. The van der Waals surface area contributed by atoms with Gasteiger partial charge in [-0.1, -0.05) is 31.5 Å². The topological polar surface area (TPSA) is 37.2 Å². The van der Waals surface area contributed by atoms with E-state index in [0.717, 1.165) is 43.5 Å². The Kier molecular flexibility index (Phi) is 5.54. The third-order valence-corrected chi connectivity index (χ3v) is 4.96. The second-order valence-corrected chi connectivity index (χ2v) is 7.68.